The van der Waals surface area contributed by atoms with E-state index in [9.17, 15) is 0 Å². The van der Waals surface area contributed by atoms with Gasteiger partial charge in [0.15, 0.2) is 0 Å². The predicted molar refractivity (Wildman–Crippen MR) is 93.5 cm³/mol. The molecule has 0 heterocycles. The molecule has 22 heavy (non-hydrogen) atoms. The number of hydrogen-bond donors (Lipinski definition) is 1. The summed E-state index contributed by atoms with van der Waals surface area (Å²) in [6.07, 6.45) is 17.0. The molecule has 3 fully saturated rings. The topological polar surface area (TPSA) is 26.0 Å². The maximum absolute atomic E-state index is 6.98. The summed E-state index contributed by atoms with van der Waals surface area (Å²) < 4.78 is 0. The van der Waals surface area contributed by atoms with Gasteiger partial charge in [-0.1, -0.05) is 50.0 Å². The fraction of sp³-hybridized carbons (Fsp3) is 0.810. The molecule has 2 unspecified atom stereocenters. The van der Waals surface area contributed by atoms with Gasteiger partial charge in [0, 0.05) is 11.0 Å². The van der Waals surface area contributed by atoms with E-state index in [1.165, 1.54) is 57.8 Å². The Balaban J connectivity index is 1.76. The van der Waals surface area contributed by atoms with Crippen LogP contribution < -0.4 is 5.73 Å². The molecule has 3 saturated carbocycles. The van der Waals surface area contributed by atoms with Gasteiger partial charge in [0.1, 0.15) is 0 Å². The molecule has 0 aromatic heterocycles. The molecule has 2 N–H and O–H groups in total. The minimum Gasteiger partial charge on any atom is -0.324 e. The van der Waals surface area contributed by atoms with Crippen molar-refractivity contribution in [2.24, 2.45) is 28.4 Å². The van der Waals surface area contributed by atoms with Crippen LogP contribution in [0.5, 0.6) is 0 Å². The Labute approximate surface area is 136 Å². The Morgan fingerprint density at radius 3 is 2.68 bits per heavy atom. The monoisotopic (exact) mass is 299 g/mol. The predicted octanol–water partition coefficient (Wildman–Crippen LogP) is 5.37. The quantitative estimate of drug-likeness (QED) is 0.598. The summed E-state index contributed by atoms with van der Waals surface area (Å²) in [4.78, 5) is 0. The molecule has 122 valence electrons. The van der Waals surface area contributed by atoms with E-state index < -0.39 is 0 Å². The molecule has 0 aromatic rings. The third-order valence-electron chi connectivity index (χ3n) is 8.44. The average Bonchev–Trinajstić information content (AvgIpc) is 2.84. The van der Waals surface area contributed by atoms with E-state index in [0.29, 0.717) is 5.41 Å². The normalized spacial score (nSPS) is 52.7. The van der Waals surface area contributed by atoms with Crippen molar-refractivity contribution in [1.29, 1.82) is 0 Å². The Morgan fingerprint density at radius 1 is 1.14 bits per heavy atom. The molecular weight excluding hydrogens is 266 g/mol. The van der Waals surface area contributed by atoms with Gasteiger partial charge in [-0.15, -0.1) is 0 Å². The summed E-state index contributed by atoms with van der Waals surface area (Å²) in [7, 11) is 0. The summed E-state index contributed by atoms with van der Waals surface area (Å²) in [5.41, 5.74) is 11.3. The van der Waals surface area contributed by atoms with Crippen molar-refractivity contribution < 1.29 is 0 Å². The highest BCUT2D eigenvalue weighted by atomic mass is 14.8. The highest BCUT2D eigenvalue weighted by molar-refractivity contribution is 5.36. The lowest BCUT2D eigenvalue weighted by molar-refractivity contribution is 0.0280. The van der Waals surface area contributed by atoms with Crippen LogP contribution in [0.1, 0.15) is 78.6 Å². The summed E-state index contributed by atoms with van der Waals surface area (Å²) in [6, 6.07) is 0. The van der Waals surface area contributed by atoms with Gasteiger partial charge in [0.25, 0.3) is 0 Å². The van der Waals surface area contributed by atoms with Crippen LogP contribution >= 0.6 is 0 Å². The fourth-order valence-electron chi connectivity index (χ4n) is 6.93. The largest absolute Gasteiger partial charge is 0.324 e. The lowest BCUT2D eigenvalue weighted by Crippen LogP contribution is -2.61. The first-order valence-corrected chi connectivity index (χ1v) is 9.60. The lowest BCUT2D eigenvalue weighted by atomic mass is 9.47. The van der Waals surface area contributed by atoms with E-state index in [1.807, 2.05) is 0 Å². The zero-order valence-corrected chi connectivity index (χ0v) is 14.8. The molecule has 4 aliphatic rings. The molecule has 4 rings (SSSR count). The van der Waals surface area contributed by atoms with Crippen molar-refractivity contribution in [1.82, 2.24) is 0 Å². The lowest BCUT2D eigenvalue weighted by Gasteiger charge is -2.60. The van der Waals surface area contributed by atoms with Crippen LogP contribution in [-0.2, 0) is 0 Å². The first-order chi connectivity index (χ1) is 10.4. The smallest absolute Gasteiger partial charge is 0.0246 e. The van der Waals surface area contributed by atoms with E-state index in [0.717, 1.165) is 11.8 Å². The first kappa shape index (κ1) is 15.0. The van der Waals surface area contributed by atoms with E-state index in [-0.39, 0.29) is 11.0 Å². The van der Waals surface area contributed by atoms with Crippen LogP contribution in [0.3, 0.4) is 0 Å². The van der Waals surface area contributed by atoms with Crippen LogP contribution in [0.15, 0.2) is 23.3 Å². The molecule has 1 heteroatoms. The first-order valence-electron chi connectivity index (χ1n) is 9.60. The van der Waals surface area contributed by atoms with Gasteiger partial charge in [-0.3, -0.25) is 0 Å². The molecule has 0 aromatic carbocycles. The minimum absolute atomic E-state index is 0.0867. The van der Waals surface area contributed by atoms with Crippen LogP contribution in [-0.4, -0.2) is 5.54 Å². The molecule has 1 nitrogen and oxygen atoms in total. The maximum Gasteiger partial charge on any atom is 0.0246 e. The van der Waals surface area contributed by atoms with E-state index in [4.69, 9.17) is 5.73 Å². The second-order valence-corrected chi connectivity index (χ2v) is 9.08. The van der Waals surface area contributed by atoms with Gasteiger partial charge in [0.05, 0.1) is 0 Å². The number of rotatable bonds is 0. The zero-order chi connectivity index (χ0) is 15.6. The standard InChI is InChI=1S/C21H33N/c1-4-15-7-8-17-16-9-14-21(22)12-6-5-11-20(21,3)18(16)10-13-19(15,17)2/h4,10,16-17H,5-9,11-14,22H2,1-3H3/b15-4-/t16?,17?,19-,20-,21-/m1/s1. The summed E-state index contributed by atoms with van der Waals surface area (Å²) in [5.74, 6) is 1.69. The highest BCUT2D eigenvalue weighted by Gasteiger charge is 2.58. The third-order valence-corrected chi connectivity index (χ3v) is 8.44. The molecule has 0 radical (unpaired) electrons. The van der Waals surface area contributed by atoms with Gasteiger partial charge < -0.3 is 5.73 Å². The fourth-order valence-corrected chi connectivity index (χ4v) is 6.93. The van der Waals surface area contributed by atoms with Crippen LogP contribution in [0.25, 0.3) is 0 Å². The van der Waals surface area contributed by atoms with Crippen molar-refractivity contribution in [2.75, 3.05) is 0 Å². The Hall–Kier alpha value is -0.560. The molecule has 4 aliphatic carbocycles. The van der Waals surface area contributed by atoms with Gasteiger partial charge in [-0.25, -0.2) is 0 Å². The highest BCUT2D eigenvalue weighted by Crippen LogP contribution is 2.65. The molecule has 5 atom stereocenters. The molecule has 0 amide bonds. The van der Waals surface area contributed by atoms with Crippen LogP contribution in [0.2, 0.25) is 0 Å². The van der Waals surface area contributed by atoms with Crippen molar-refractivity contribution in [3.8, 4) is 0 Å². The second-order valence-electron chi connectivity index (χ2n) is 9.08. The Bertz CT molecular complexity index is 544. The summed E-state index contributed by atoms with van der Waals surface area (Å²) in [5, 5.41) is 0. The molecule has 0 bridgehead atoms. The molecule has 0 spiro atoms. The van der Waals surface area contributed by atoms with Crippen LogP contribution in [0.4, 0.5) is 0 Å². The number of fused-ring (bicyclic) bond motifs is 5. The van der Waals surface area contributed by atoms with E-state index >= 15 is 0 Å². The SMILES string of the molecule is C/C=C1/CCC2C3CC[C@]4(N)CCCC[C@]4(C)C3=CC[C@]12C. The summed E-state index contributed by atoms with van der Waals surface area (Å²) >= 11 is 0. The van der Waals surface area contributed by atoms with Gasteiger partial charge in [-0.2, -0.15) is 0 Å². The van der Waals surface area contributed by atoms with Crippen molar-refractivity contribution in [2.45, 2.75) is 84.1 Å². The summed E-state index contributed by atoms with van der Waals surface area (Å²) in [6.45, 7) is 7.30. The van der Waals surface area contributed by atoms with E-state index in [1.54, 1.807) is 11.1 Å². The Kier molecular flexibility index (Phi) is 3.22. The molecule has 0 saturated heterocycles. The van der Waals surface area contributed by atoms with E-state index in [2.05, 4.69) is 32.9 Å². The molecule has 0 aliphatic heterocycles. The average molecular weight is 300 g/mol. The van der Waals surface area contributed by atoms with Crippen molar-refractivity contribution in [3.05, 3.63) is 23.3 Å². The second kappa shape index (κ2) is 4.72. The third kappa shape index (κ3) is 1.70. The molecular formula is C21H33N. The number of nitrogens with two attached hydrogens (primary N) is 1. The van der Waals surface area contributed by atoms with Gasteiger partial charge in [-0.05, 0) is 69.1 Å². The zero-order valence-electron chi connectivity index (χ0n) is 14.8. The van der Waals surface area contributed by atoms with Gasteiger partial charge in [0.2, 0.25) is 0 Å². The van der Waals surface area contributed by atoms with Crippen molar-refractivity contribution in [3.63, 3.8) is 0 Å². The number of hydrogen-bond acceptors (Lipinski definition) is 1. The maximum atomic E-state index is 6.98. The Morgan fingerprint density at radius 2 is 1.91 bits per heavy atom. The van der Waals surface area contributed by atoms with Gasteiger partial charge >= 0.3 is 0 Å². The number of allylic oxidation sites excluding steroid dienone is 3. The van der Waals surface area contributed by atoms with Crippen LogP contribution in [0, 0.1) is 22.7 Å². The minimum atomic E-state index is 0.0867. The van der Waals surface area contributed by atoms with Crippen molar-refractivity contribution >= 4 is 0 Å².